The number of piperidine rings is 1. The van der Waals surface area contributed by atoms with E-state index < -0.39 is 10.0 Å². The van der Waals surface area contributed by atoms with Gasteiger partial charge in [0.25, 0.3) is 0 Å². The molecular weight excluding hydrogens is 392 g/mol. The summed E-state index contributed by atoms with van der Waals surface area (Å²) in [5.74, 6) is 0.555. The van der Waals surface area contributed by atoms with Crippen LogP contribution >= 0.6 is 0 Å². The quantitative estimate of drug-likeness (QED) is 0.284. The monoisotopic (exact) mass is 424 g/mol. The molecule has 1 heterocycles. The number of nitrogens with one attached hydrogen (secondary N) is 2. The van der Waals surface area contributed by atoms with Crippen molar-refractivity contribution in [2.45, 2.75) is 38.5 Å². The normalized spacial score (nSPS) is 16.0. The Kier molecular flexibility index (Phi) is 8.91. The molecule has 1 aliphatic heterocycles. The predicted octanol–water partition coefficient (Wildman–Crippen LogP) is 1.51. The van der Waals surface area contributed by atoms with E-state index in [9.17, 15) is 13.2 Å². The van der Waals surface area contributed by atoms with Gasteiger partial charge in [-0.15, -0.1) is 0 Å². The zero-order valence-corrected chi connectivity index (χ0v) is 18.3. The number of aryl methyl sites for hydroxylation is 1. The van der Waals surface area contributed by atoms with Crippen LogP contribution in [-0.2, 0) is 19.6 Å². The van der Waals surface area contributed by atoms with Crippen LogP contribution in [0.1, 0.15) is 32.3 Å². The van der Waals surface area contributed by atoms with E-state index in [1.807, 2.05) is 20.8 Å². The van der Waals surface area contributed by atoms with E-state index in [-0.39, 0.29) is 23.3 Å². The van der Waals surface area contributed by atoms with Gasteiger partial charge in [0, 0.05) is 26.2 Å². The maximum absolute atomic E-state index is 12.3. The highest BCUT2D eigenvalue weighted by molar-refractivity contribution is 7.89. The number of esters is 1. The number of guanidine groups is 1. The number of hydrogen-bond acceptors (Lipinski definition) is 5. The molecule has 0 amide bonds. The molecule has 0 unspecified atom stereocenters. The average molecular weight is 425 g/mol. The molecule has 1 aliphatic rings. The fourth-order valence-corrected chi connectivity index (χ4v) is 4.18. The average Bonchev–Trinajstić information content (AvgIpc) is 2.71. The molecule has 1 aromatic rings. The van der Waals surface area contributed by atoms with Gasteiger partial charge in [-0.05, 0) is 45.7 Å². The zero-order chi connectivity index (χ0) is 21.3. The molecule has 0 radical (unpaired) electrons. The lowest BCUT2D eigenvalue weighted by Crippen LogP contribution is -2.47. The van der Waals surface area contributed by atoms with Gasteiger partial charge < -0.3 is 15.0 Å². The van der Waals surface area contributed by atoms with Crippen LogP contribution in [0.3, 0.4) is 0 Å². The van der Waals surface area contributed by atoms with E-state index in [1.165, 1.54) is 0 Å². The maximum Gasteiger partial charge on any atom is 0.309 e. The topological polar surface area (TPSA) is 100 Å². The van der Waals surface area contributed by atoms with Gasteiger partial charge in [-0.25, -0.2) is 13.1 Å². The first-order valence-corrected chi connectivity index (χ1v) is 11.6. The number of rotatable bonds is 8. The number of hydrogen-bond donors (Lipinski definition) is 2. The number of sulfonamides is 1. The molecule has 0 spiro atoms. The van der Waals surface area contributed by atoms with Gasteiger partial charge in [0.15, 0.2) is 5.96 Å². The Morgan fingerprint density at radius 2 is 1.86 bits per heavy atom. The molecule has 9 heteroatoms. The molecule has 1 saturated heterocycles. The molecule has 29 heavy (non-hydrogen) atoms. The van der Waals surface area contributed by atoms with E-state index >= 15 is 0 Å². The number of nitrogens with zero attached hydrogens (tertiary/aromatic N) is 2. The second kappa shape index (κ2) is 11.2. The smallest absolute Gasteiger partial charge is 0.309 e. The van der Waals surface area contributed by atoms with Crippen molar-refractivity contribution in [3.63, 3.8) is 0 Å². The van der Waals surface area contributed by atoms with E-state index in [1.54, 1.807) is 24.3 Å². The molecule has 2 N–H and O–H groups in total. The van der Waals surface area contributed by atoms with Crippen LogP contribution in [0.5, 0.6) is 0 Å². The summed E-state index contributed by atoms with van der Waals surface area (Å²) in [6.07, 6.45) is 1.45. The lowest BCUT2D eigenvalue weighted by molar-refractivity contribution is -0.149. The van der Waals surface area contributed by atoms with E-state index in [2.05, 4.69) is 19.9 Å². The predicted molar refractivity (Wildman–Crippen MR) is 113 cm³/mol. The van der Waals surface area contributed by atoms with E-state index in [4.69, 9.17) is 4.74 Å². The van der Waals surface area contributed by atoms with Gasteiger partial charge in [-0.1, -0.05) is 17.7 Å². The van der Waals surface area contributed by atoms with Crippen molar-refractivity contribution in [3.8, 4) is 0 Å². The number of carbonyl (C=O) groups is 1. The van der Waals surface area contributed by atoms with Crippen molar-refractivity contribution in [2.75, 3.05) is 39.3 Å². The third kappa shape index (κ3) is 7.01. The highest BCUT2D eigenvalue weighted by atomic mass is 32.2. The second-order valence-electron chi connectivity index (χ2n) is 6.96. The van der Waals surface area contributed by atoms with Crippen molar-refractivity contribution in [2.24, 2.45) is 10.9 Å². The summed E-state index contributed by atoms with van der Waals surface area (Å²) < 4.78 is 32.4. The van der Waals surface area contributed by atoms with Crippen LogP contribution in [0.4, 0.5) is 0 Å². The number of benzene rings is 1. The Labute approximate surface area is 173 Å². The van der Waals surface area contributed by atoms with Gasteiger partial charge in [0.1, 0.15) is 0 Å². The molecule has 8 nitrogen and oxygen atoms in total. The Morgan fingerprint density at radius 3 is 2.45 bits per heavy atom. The van der Waals surface area contributed by atoms with Crippen LogP contribution in [0, 0.1) is 12.8 Å². The fraction of sp³-hybridized carbons (Fsp3) is 0.600. The lowest BCUT2D eigenvalue weighted by Gasteiger charge is -2.33. The summed E-state index contributed by atoms with van der Waals surface area (Å²) in [5.41, 5.74) is 1.01. The summed E-state index contributed by atoms with van der Waals surface area (Å²) in [4.78, 5) is 18.8. The Bertz CT molecular complexity index is 785. The van der Waals surface area contributed by atoms with Gasteiger partial charge in [-0.3, -0.25) is 9.79 Å². The summed E-state index contributed by atoms with van der Waals surface area (Å²) in [7, 11) is -3.54. The molecule has 0 atom stereocenters. The van der Waals surface area contributed by atoms with Crippen LogP contribution < -0.4 is 10.0 Å². The van der Waals surface area contributed by atoms with Crippen molar-refractivity contribution in [1.82, 2.24) is 14.9 Å². The van der Waals surface area contributed by atoms with Crippen molar-refractivity contribution < 1.29 is 17.9 Å². The first-order valence-electron chi connectivity index (χ1n) is 10.1. The minimum atomic E-state index is -3.54. The summed E-state index contributed by atoms with van der Waals surface area (Å²) in [6, 6.07) is 6.74. The van der Waals surface area contributed by atoms with Crippen LogP contribution in [0.15, 0.2) is 34.2 Å². The Morgan fingerprint density at radius 1 is 1.21 bits per heavy atom. The van der Waals surface area contributed by atoms with Crippen molar-refractivity contribution >= 4 is 22.0 Å². The van der Waals surface area contributed by atoms with Gasteiger partial charge in [0.2, 0.25) is 10.0 Å². The number of aliphatic imine (C=N–C) groups is 1. The molecule has 162 valence electrons. The third-order valence-corrected chi connectivity index (χ3v) is 6.22. The first kappa shape index (κ1) is 23.2. The molecule has 0 aliphatic carbocycles. The third-order valence-electron chi connectivity index (χ3n) is 4.75. The number of carbonyl (C=O) groups excluding carboxylic acids is 1. The molecule has 2 rings (SSSR count). The minimum absolute atomic E-state index is 0.0598. The number of ether oxygens (including phenoxy) is 1. The summed E-state index contributed by atoms with van der Waals surface area (Å²) in [5, 5.41) is 3.24. The Hall–Kier alpha value is -2.13. The molecule has 1 fully saturated rings. The van der Waals surface area contributed by atoms with E-state index in [0.29, 0.717) is 32.8 Å². The molecule has 0 saturated carbocycles. The minimum Gasteiger partial charge on any atom is -0.466 e. The molecule has 1 aromatic carbocycles. The molecule has 0 aromatic heterocycles. The summed E-state index contributed by atoms with van der Waals surface area (Å²) >= 11 is 0. The maximum atomic E-state index is 12.3. The van der Waals surface area contributed by atoms with Crippen LogP contribution in [0.25, 0.3) is 0 Å². The van der Waals surface area contributed by atoms with Crippen LogP contribution in [-0.4, -0.2) is 64.6 Å². The fourth-order valence-electron chi connectivity index (χ4n) is 3.16. The van der Waals surface area contributed by atoms with Crippen molar-refractivity contribution in [3.05, 3.63) is 29.8 Å². The SMILES string of the molecule is CCNC(=NCCNS(=O)(=O)c1ccc(C)cc1)N1CCC(C(=O)OCC)CC1. The Balaban J connectivity index is 1.88. The largest absolute Gasteiger partial charge is 0.466 e. The number of likely N-dealkylation sites (tertiary alicyclic amines) is 1. The van der Waals surface area contributed by atoms with E-state index in [0.717, 1.165) is 24.4 Å². The second-order valence-corrected chi connectivity index (χ2v) is 8.73. The first-order chi connectivity index (χ1) is 13.9. The summed E-state index contributed by atoms with van der Waals surface area (Å²) in [6.45, 7) is 8.80. The van der Waals surface area contributed by atoms with Gasteiger partial charge in [0.05, 0.1) is 24.0 Å². The van der Waals surface area contributed by atoms with Gasteiger partial charge >= 0.3 is 5.97 Å². The standard InChI is InChI=1S/C20H32N4O4S/c1-4-21-20(24-14-10-17(11-15-24)19(25)28-5-2)22-12-13-23-29(26,27)18-8-6-16(3)7-9-18/h6-9,17,23H,4-5,10-15H2,1-3H3,(H,21,22). The lowest BCUT2D eigenvalue weighted by atomic mass is 9.97. The van der Waals surface area contributed by atoms with Crippen LogP contribution in [0.2, 0.25) is 0 Å². The highest BCUT2D eigenvalue weighted by Gasteiger charge is 2.27. The highest BCUT2D eigenvalue weighted by Crippen LogP contribution is 2.18. The zero-order valence-electron chi connectivity index (χ0n) is 17.5. The van der Waals surface area contributed by atoms with Crippen molar-refractivity contribution in [1.29, 1.82) is 0 Å². The van der Waals surface area contributed by atoms with Gasteiger partial charge in [-0.2, -0.15) is 0 Å². The molecule has 0 bridgehead atoms. The molecular formula is C20H32N4O4S.